The van der Waals surface area contributed by atoms with Crippen LogP contribution in [0.2, 0.25) is 0 Å². The van der Waals surface area contributed by atoms with Crippen LogP contribution in [0.4, 0.5) is 0 Å². The summed E-state index contributed by atoms with van der Waals surface area (Å²) in [4.78, 5) is 22.8. The van der Waals surface area contributed by atoms with E-state index < -0.39 is 5.97 Å². The van der Waals surface area contributed by atoms with E-state index >= 15 is 0 Å². The van der Waals surface area contributed by atoms with Gasteiger partial charge in [0.25, 0.3) is 0 Å². The number of carbonyl (C=O) groups excluding carboxylic acids is 2. The van der Waals surface area contributed by atoms with Crippen molar-refractivity contribution in [2.75, 3.05) is 12.4 Å². The third kappa shape index (κ3) is 3.14. The maximum absolute atomic E-state index is 11.4. The fourth-order valence-electron chi connectivity index (χ4n) is 1.42. The van der Waals surface area contributed by atoms with Gasteiger partial charge in [0.05, 0.1) is 23.6 Å². The SMILES string of the molecule is COC(=O)c1cccc(CC(=O)CBr)c1C#N. The molecule has 1 rings (SSSR count). The monoisotopic (exact) mass is 295 g/mol. The van der Waals surface area contributed by atoms with E-state index in [4.69, 9.17) is 5.26 Å². The average molecular weight is 296 g/mol. The van der Waals surface area contributed by atoms with Crippen molar-refractivity contribution in [3.63, 3.8) is 0 Å². The number of halogens is 1. The molecule has 4 nitrogen and oxygen atoms in total. The average Bonchev–Trinajstić information content (AvgIpc) is 2.37. The van der Waals surface area contributed by atoms with E-state index in [-0.39, 0.29) is 28.7 Å². The standard InChI is InChI=1S/C12H10BrNO3/c1-17-12(16)10-4-2-3-8(11(10)7-14)5-9(15)6-13/h2-4H,5-6H2,1H3. The van der Waals surface area contributed by atoms with Crippen LogP contribution in [-0.2, 0) is 16.0 Å². The molecule has 88 valence electrons. The van der Waals surface area contributed by atoms with Crippen LogP contribution < -0.4 is 0 Å². The van der Waals surface area contributed by atoms with E-state index in [9.17, 15) is 9.59 Å². The van der Waals surface area contributed by atoms with E-state index in [0.29, 0.717) is 5.56 Å². The predicted molar refractivity (Wildman–Crippen MR) is 65.0 cm³/mol. The Hall–Kier alpha value is -1.67. The van der Waals surface area contributed by atoms with Gasteiger partial charge in [-0.1, -0.05) is 28.1 Å². The van der Waals surface area contributed by atoms with Crippen LogP contribution >= 0.6 is 15.9 Å². The van der Waals surface area contributed by atoms with Crippen molar-refractivity contribution < 1.29 is 14.3 Å². The van der Waals surface area contributed by atoms with Crippen molar-refractivity contribution in [1.29, 1.82) is 5.26 Å². The lowest BCUT2D eigenvalue weighted by atomic mass is 9.98. The summed E-state index contributed by atoms with van der Waals surface area (Å²) in [7, 11) is 1.25. The topological polar surface area (TPSA) is 67.2 Å². The Morgan fingerprint density at radius 2 is 2.18 bits per heavy atom. The summed E-state index contributed by atoms with van der Waals surface area (Å²) in [5, 5.41) is 9.27. The molecule has 1 aromatic carbocycles. The lowest BCUT2D eigenvalue weighted by Crippen LogP contribution is -2.10. The molecule has 0 saturated carbocycles. The molecule has 0 aliphatic heterocycles. The van der Waals surface area contributed by atoms with Gasteiger partial charge in [0.2, 0.25) is 0 Å². The number of ether oxygens (including phenoxy) is 1. The highest BCUT2D eigenvalue weighted by Gasteiger charge is 2.16. The number of ketones is 1. The number of benzene rings is 1. The molecule has 0 aromatic heterocycles. The maximum atomic E-state index is 11.4. The summed E-state index contributed by atoms with van der Waals surface area (Å²) in [5.74, 6) is -0.627. The number of rotatable bonds is 4. The number of methoxy groups -OCH3 is 1. The second-order valence-corrected chi connectivity index (χ2v) is 3.85. The third-order valence-corrected chi connectivity index (χ3v) is 2.83. The Balaban J connectivity index is 3.20. The third-order valence-electron chi connectivity index (χ3n) is 2.20. The summed E-state index contributed by atoms with van der Waals surface area (Å²) in [6.45, 7) is 0. The zero-order valence-electron chi connectivity index (χ0n) is 9.20. The highest BCUT2D eigenvalue weighted by atomic mass is 79.9. The number of hydrogen-bond donors (Lipinski definition) is 0. The molecule has 0 radical (unpaired) electrons. The number of hydrogen-bond acceptors (Lipinski definition) is 4. The maximum Gasteiger partial charge on any atom is 0.339 e. The first-order valence-corrected chi connectivity index (χ1v) is 5.94. The molecule has 0 fully saturated rings. The molecule has 0 spiro atoms. The van der Waals surface area contributed by atoms with Crippen LogP contribution in [0.15, 0.2) is 18.2 Å². The van der Waals surface area contributed by atoms with Crippen LogP contribution in [0.5, 0.6) is 0 Å². The highest BCUT2D eigenvalue weighted by Crippen LogP contribution is 2.16. The van der Waals surface area contributed by atoms with E-state index in [1.54, 1.807) is 12.1 Å². The minimum absolute atomic E-state index is 0.0523. The van der Waals surface area contributed by atoms with E-state index in [0.717, 1.165) is 0 Å². The molecular weight excluding hydrogens is 286 g/mol. The Kier molecular flexibility index (Phi) is 4.85. The van der Waals surface area contributed by atoms with Gasteiger partial charge in [-0.2, -0.15) is 5.26 Å². The molecule has 0 bridgehead atoms. The first-order valence-electron chi connectivity index (χ1n) is 4.82. The van der Waals surface area contributed by atoms with Crippen LogP contribution in [0.1, 0.15) is 21.5 Å². The number of nitriles is 1. The van der Waals surface area contributed by atoms with Gasteiger partial charge in [0, 0.05) is 6.42 Å². The Bertz CT molecular complexity index is 491. The zero-order chi connectivity index (χ0) is 12.8. The van der Waals surface area contributed by atoms with E-state index in [1.807, 2.05) is 6.07 Å². The minimum Gasteiger partial charge on any atom is -0.465 e. The minimum atomic E-state index is -0.574. The van der Waals surface area contributed by atoms with Gasteiger partial charge in [-0.25, -0.2) is 4.79 Å². The van der Waals surface area contributed by atoms with Gasteiger partial charge in [0.1, 0.15) is 11.9 Å². The van der Waals surface area contributed by atoms with Crippen LogP contribution in [0.3, 0.4) is 0 Å². The lowest BCUT2D eigenvalue weighted by molar-refractivity contribution is -0.115. The molecule has 0 aliphatic rings. The Morgan fingerprint density at radius 3 is 2.71 bits per heavy atom. The smallest absolute Gasteiger partial charge is 0.339 e. The molecule has 0 amide bonds. The van der Waals surface area contributed by atoms with Crippen molar-refractivity contribution in [3.05, 3.63) is 34.9 Å². The molecule has 0 N–H and O–H groups in total. The van der Waals surface area contributed by atoms with Gasteiger partial charge < -0.3 is 4.74 Å². The second kappa shape index (κ2) is 6.16. The summed E-state index contributed by atoms with van der Waals surface area (Å²) < 4.78 is 4.58. The van der Waals surface area contributed by atoms with Gasteiger partial charge in [-0.05, 0) is 11.6 Å². The lowest BCUT2D eigenvalue weighted by Gasteiger charge is -2.06. The van der Waals surface area contributed by atoms with E-state index in [1.165, 1.54) is 13.2 Å². The van der Waals surface area contributed by atoms with Crippen molar-refractivity contribution in [2.24, 2.45) is 0 Å². The second-order valence-electron chi connectivity index (χ2n) is 3.29. The summed E-state index contributed by atoms with van der Waals surface area (Å²) in [5.41, 5.74) is 0.934. The fourth-order valence-corrected chi connectivity index (χ4v) is 1.62. The van der Waals surface area contributed by atoms with Crippen LogP contribution in [0, 0.1) is 11.3 Å². The molecular formula is C12H10BrNO3. The number of carbonyl (C=O) groups is 2. The quantitative estimate of drug-likeness (QED) is 0.628. The number of nitrogens with zero attached hydrogens (tertiary/aromatic N) is 1. The molecule has 5 heteroatoms. The number of Topliss-reactive ketones (excluding diaryl/α,β-unsaturated/α-hetero) is 1. The molecule has 17 heavy (non-hydrogen) atoms. The number of alkyl halides is 1. The van der Waals surface area contributed by atoms with Gasteiger partial charge >= 0.3 is 5.97 Å². The van der Waals surface area contributed by atoms with Crippen molar-refractivity contribution in [3.8, 4) is 6.07 Å². The van der Waals surface area contributed by atoms with Crippen molar-refractivity contribution in [1.82, 2.24) is 0 Å². The zero-order valence-corrected chi connectivity index (χ0v) is 10.8. The molecule has 0 atom stereocenters. The first kappa shape index (κ1) is 13.4. The first-order chi connectivity index (χ1) is 8.13. The van der Waals surface area contributed by atoms with Crippen LogP contribution in [0.25, 0.3) is 0 Å². The van der Waals surface area contributed by atoms with Gasteiger partial charge in [-0.15, -0.1) is 0 Å². The summed E-state index contributed by atoms with van der Waals surface area (Å²) in [6, 6.07) is 6.73. The predicted octanol–water partition coefficient (Wildman–Crippen LogP) is 1.85. The number of esters is 1. The molecule has 1 aromatic rings. The van der Waals surface area contributed by atoms with Crippen molar-refractivity contribution in [2.45, 2.75) is 6.42 Å². The fraction of sp³-hybridized carbons (Fsp3) is 0.250. The van der Waals surface area contributed by atoms with Gasteiger partial charge in [0.15, 0.2) is 0 Å². The van der Waals surface area contributed by atoms with Gasteiger partial charge in [-0.3, -0.25) is 4.79 Å². The van der Waals surface area contributed by atoms with Crippen LogP contribution in [-0.4, -0.2) is 24.2 Å². The molecule has 0 aliphatic carbocycles. The van der Waals surface area contributed by atoms with Crippen molar-refractivity contribution >= 4 is 27.7 Å². The molecule has 0 unspecified atom stereocenters. The molecule has 0 saturated heterocycles. The molecule has 0 heterocycles. The highest BCUT2D eigenvalue weighted by molar-refractivity contribution is 9.09. The largest absolute Gasteiger partial charge is 0.465 e. The normalized spacial score (nSPS) is 9.47. The van der Waals surface area contributed by atoms with E-state index in [2.05, 4.69) is 20.7 Å². The summed E-state index contributed by atoms with van der Waals surface area (Å²) >= 11 is 3.06. The summed E-state index contributed by atoms with van der Waals surface area (Å²) in [6.07, 6.45) is 0.124. The Labute approximate surface area is 107 Å². The Morgan fingerprint density at radius 1 is 1.47 bits per heavy atom.